The van der Waals surface area contributed by atoms with Crippen LogP contribution < -0.4 is 4.18 Å². The molecule has 1 unspecified atom stereocenters. The number of benzene rings is 1. The monoisotopic (exact) mass is 413 g/mol. The molecular formula is C21H35NO5S. The topological polar surface area (TPSA) is 72.9 Å². The predicted molar refractivity (Wildman–Crippen MR) is 112 cm³/mol. The van der Waals surface area contributed by atoms with Crippen molar-refractivity contribution in [2.24, 2.45) is 11.3 Å². The van der Waals surface area contributed by atoms with Gasteiger partial charge in [-0.05, 0) is 42.4 Å². The molecule has 0 fully saturated rings. The van der Waals surface area contributed by atoms with E-state index < -0.39 is 10.1 Å². The Labute approximate surface area is 170 Å². The highest BCUT2D eigenvalue weighted by atomic mass is 32.2. The first-order chi connectivity index (χ1) is 13.0. The third kappa shape index (κ3) is 9.55. The van der Waals surface area contributed by atoms with Gasteiger partial charge < -0.3 is 13.8 Å². The number of ether oxygens (including phenoxy) is 1. The van der Waals surface area contributed by atoms with E-state index in [4.69, 9.17) is 8.92 Å². The van der Waals surface area contributed by atoms with Gasteiger partial charge in [0, 0.05) is 26.6 Å². The van der Waals surface area contributed by atoms with Gasteiger partial charge in [-0.1, -0.05) is 39.8 Å². The van der Waals surface area contributed by atoms with Crippen molar-refractivity contribution in [2.75, 3.05) is 26.0 Å². The van der Waals surface area contributed by atoms with Crippen molar-refractivity contribution in [3.8, 4) is 5.75 Å². The summed E-state index contributed by atoms with van der Waals surface area (Å²) in [7, 11) is -1.98. The van der Waals surface area contributed by atoms with E-state index in [2.05, 4.69) is 27.7 Å². The molecule has 0 N–H and O–H groups in total. The first kappa shape index (κ1) is 24.4. The Morgan fingerprint density at radius 2 is 1.93 bits per heavy atom. The second kappa shape index (κ2) is 10.8. The summed E-state index contributed by atoms with van der Waals surface area (Å²) in [6, 6.07) is 6.86. The van der Waals surface area contributed by atoms with E-state index in [1.807, 2.05) is 6.07 Å². The van der Waals surface area contributed by atoms with E-state index in [9.17, 15) is 13.2 Å². The molecule has 1 rings (SSSR count). The van der Waals surface area contributed by atoms with Crippen molar-refractivity contribution in [1.29, 1.82) is 0 Å². The number of nitrogens with zero attached hydrogens (tertiary/aromatic N) is 1. The van der Waals surface area contributed by atoms with Crippen molar-refractivity contribution in [2.45, 2.75) is 54.0 Å². The fourth-order valence-electron chi connectivity index (χ4n) is 3.16. The lowest BCUT2D eigenvalue weighted by Gasteiger charge is -2.27. The molecule has 160 valence electrons. The van der Waals surface area contributed by atoms with Gasteiger partial charge in [0.05, 0.1) is 12.4 Å². The molecule has 0 saturated heterocycles. The van der Waals surface area contributed by atoms with Crippen molar-refractivity contribution >= 4 is 16.0 Å². The van der Waals surface area contributed by atoms with Crippen molar-refractivity contribution in [3.63, 3.8) is 0 Å². The maximum atomic E-state index is 12.9. The molecule has 0 heterocycles. The summed E-state index contributed by atoms with van der Waals surface area (Å²) >= 11 is 0. The maximum Gasteiger partial charge on any atom is 0.308 e. The van der Waals surface area contributed by atoms with Crippen LogP contribution in [-0.2, 0) is 26.2 Å². The molecule has 0 saturated carbocycles. The molecule has 1 atom stereocenters. The average molecular weight is 414 g/mol. The summed E-state index contributed by atoms with van der Waals surface area (Å²) in [5.41, 5.74) is 0.991. The van der Waals surface area contributed by atoms with E-state index in [0.717, 1.165) is 12.0 Å². The zero-order valence-corrected chi connectivity index (χ0v) is 18.8. The minimum Gasteiger partial charge on any atom is -0.383 e. The highest BCUT2D eigenvalue weighted by Gasteiger charge is 2.21. The quantitative estimate of drug-likeness (QED) is 0.515. The van der Waals surface area contributed by atoms with Crippen LogP contribution in [0.15, 0.2) is 24.3 Å². The lowest BCUT2D eigenvalue weighted by Crippen LogP contribution is -2.34. The van der Waals surface area contributed by atoms with E-state index in [0.29, 0.717) is 26.1 Å². The maximum absolute atomic E-state index is 12.9. The van der Waals surface area contributed by atoms with Crippen LogP contribution >= 0.6 is 0 Å². The molecule has 6 nitrogen and oxygen atoms in total. The molecule has 0 aliphatic rings. The number of rotatable bonds is 11. The van der Waals surface area contributed by atoms with E-state index in [1.54, 1.807) is 30.2 Å². The predicted octanol–water partition coefficient (Wildman–Crippen LogP) is 3.85. The van der Waals surface area contributed by atoms with Crippen LogP contribution in [0.3, 0.4) is 0 Å². The number of amides is 1. The Hall–Kier alpha value is -1.60. The lowest BCUT2D eigenvalue weighted by atomic mass is 9.84. The highest BCUT2D eigenvalue weighted by Crippen LogP contribution is 2.26. The molecule has 0 spiro atoms. The van der Waals surface area contributed by atoms with Crippen molar-refractivity contribution < 1.29 is 22.1 Å². The molecule has 0 radical (unpaired) electrons. The van der Waals surface area contributed by atoms with Gasteiger partial charge in [0.25, 0.3) is 0 Å². The van der Waals surface area contributed by atoms with Crippen LogP contribution in [0.5, 0.6) is 5.75 Å². The Morgan fingerprint density at radius 1 is 1.25 bits per heavy atom. The summed E-state index contributed by atoms with van der Waals surface area (Å²) in [6.07, 6.45) is 1.44. The summed E-state index contributed by atoms with van der Waals surface area (Å²) in [4.78, 5) is 14.6. The smallest absolute Gasteiger partial charge is 0.308 e. The Kier molecular flexibility index (Phi) is 9.44. The summed E-state index contributed by atoms with van der Waals surface area (Å²) in [5.74, 6) is 0.518. The van der Waals surface area contributed by atoms with Gasteiger partial charge in [0.15, 0.2) is 0 Å². The third-order valence-corrected chi connectivity index (χ3v) is 5.40. The Bertz CT molecular complexity index is 725. The SMILES string of the molecule is CCS(=O)(=O)Oc1cccc(CN(CCOC)C(=O)CC(C)CC(C)(C)C)c1. The van der Waals surface area contributed by atoms with Crippen molar-refractivity contribution in [1.82, 2.24) is 4.90 Å². The van der Waals surface area contributed by atoms with Gasteiger partial charge in [-0.3, -0.25) is 4.79 Å². The van der Waals surface area contributed by atoms with Crippen LogP contribution in [0, 0.1) is 11.3 Å². The van der Waals surface area contributed by atoms with E-state index >= 15 is 0 Å². The second-order valence-electron chi connectivity index (χ2n) is 8.46. The molecule has 0 aliphatic heterocycles. The van der Waals surface area contributed by atoms with Crippen LogP contribution in [0.4, 0.5) is 0 Å². The first-order valence-electron chi connectivity index (χ1n) is 9.73. The third-order valence-electron chi connectivity index (χ3n) is 4.25. The molecule has 0 aliphatic carbocycles. The van der Waals surface area contributed by atoms with Gasteiger partial charge in [0.1, 0.15) is 5.75 Å². The minimum atomic E-state index is -3.58. The van der Waals surface area contributed by atoms with Crippen LogP contribution in [0.1, 0.15) is 53.0 Å². The van der Waals surface area contributed by atoms with Crippen molar-refractivity contribution in [3.05, 3.63) is 29.8 Å². The zero-order chi connectivity index (χ0) is 21.4. The highest BCUT2D eigenvalue weighted by molar-refractivity contribution is 7.87. The Morgan fingerprint density at radius 3 is 2.50 bits per heavy atom. The zero-order valence-electron chi connectivity index (χ0n) is 18.0. The minimum absolute atomic E-state index is 0.0706. The number of carbonyl (C=O) groups excluding carboxylic acids is 1. The normalized spacial score (nSPS) is 13.2. The first-order valence-corrected chi connectivity index (χ1v) is 11.3. The largest absolute Gasteiger partial charge is 0.383 e. The number of hydrogen-bond donors (Lipinski definition) is 0. The molecule has 1 aromatic rings. The summed E-state index contributed by atoms with van der Waals surface area (Å²) in [6.45, 7) is 11.5. The van der Waals surface area contributed by atoms with Gasteiger partial charge in [-0.2, -0.15) is 8.42 Å². The molecule has 0 aromatic heterocycles. The summed E-state index contributed by atoms with van der Waals surface area (Å²) in [5, 5.41) is 0. The molecule has 0 bridgehead atoms. The average Bonchev–Trinajstić information content (AvgIpc) is 2.56. The van der Waals surface area contributed by atoms with Gasteiger partial charge in [-0.15, -0.1) is 0 Å². The van der Waals surface area contributed by atoms with Crippen LogP contribution in [-0.4, -0.2) is 45.2 Å². The van der Waals surface area contributed by atoms with E-state index in [1.165, 1.54) is 6.92 Å². The summed E-state index contributed by atoms with van der Waals surface area (Å²) < 4.78 is 33.6. The number of hydrogen-bond acceptors (Lipinski definition) is 5. The molecular weight excluding hydrogens is 378 g/mol. The number of carbonyl (C=O) groups is 1. The second-order valence-corrected chi connectivity index (χ2v) is 10.3. The van der Waals surface area contributed by atoms with Gasteiger partial charge in [0.2, 0.25) is 5.91 Å². The van der Waals surface area contributed by atoms with Crippen LogP contribution in [0.2, 0.25) is 0 Å². The van der Waals surface area contributed by atoms with Gasteiger partial charge in [-0.25, -0.2) is 0 Å². The Balaban J connectivity index is 2.87. The van der Waals surface area contributed by atoms with Crippen LogP contribution in [0.25, 0.3) is 0 Å². The molecule has 7 heteroatoms. The van der Waals surface area contributed by atoms with E-state index in [-0.39, 0.29) is 28.7 Å². The molecule has 1 amide bonds. The molecule has 28 heavy (non-hydrogen) atoms. The number of methoxy groups -OCH3 is 1. The van der Waals surface area contributed by atoms with Gasteiger partial charge >= 0.3 is 10.1 Å². The molecule has 1 aromatic carbocycles. The fraction of sp³-hybridized carbons (Fsp3) is 0.667. The fourth-order valence-corrected chi connectivity index (χ4v) is 3.67. The lowest BCUT2D eigenvalue weighted by molar-refractivity contribution is -0.133. The standard InChI is InChI=1S/C21H35NO5S/c1-7-28(24,25)27-19-10-8-9-18(14-19)16-22(11-12-26-6)20(23)13-17(2)15-21(3,4)5/h8-10,14,17H,7,11-13,15-16H2,1-6H3.